The third-order valence-electron chi connectivity index (χ3n) is 4.69. The van der Waals surface area contributed by atoms with E-state index in [1.165, 1.54) is 32.4 Å². The summed E-state index contributed by atoms with van der Waals surface area (Å²) in [5.41, 5.74) is 0. The van der Waals surface area contributed by atoms with E-state index in [1.807, 2.05) is 0 Å². The predicted octanol–water partition coefficient (Wildman–Crippen LogP) is 0.925. The summed E-state index contributed by atoms with van der Waals surface area (Å²) in [5, 5.41) is 0. The Labute approximate surface area is 161 Å². The topological polar surface area (TPSA) is 88.2 Å². The SMILES string of the molecule is COc1ccc(S(=O)(=O)NCCC(=O)N2CCN(C(C)C)CC2)cc1OC. The zero-order valence-corrected chi connectivity index (χ0v) is 17.2. The van der Waals surface area contributed by atoms with Crippen molar-refractivity contribution in [1.82, 2.24) is 14.5 Å². The lowest BCUT2D eigenvalue weighted by Gasteiger charge is -2.37. The molecule has 0 saturated carbocycles. The van der Waals surface area contributed by atoms with Gasteiger partial charge in [-0.15, -0.1) is 0 Å². The summed E-state index contributed by atoms with van der Waals surface area (Å²) in [7, 11) is -0.802. The molecule has 1 aromatic rings. The van der Waals surface area contributed by atoms with Gasteiger partial charge in [-0.25, -0.2) is 13.1 Å². The Balaban J connectivity index is 1.88. The van der Waals surface area contributed by atoms with Crippen LogP contribution in [0.1, 0.15) is 20.3 Å². The third kappa shape index (κ3) is 5.57. The number of ether oxygens (including phenoxy) is 2. The molecule has 2 rings (SSSR count). The second kappa shape index (κ2) is 9.38. The molecule has 1 fully saturated rings. The van der Waals surface area contributed by atoms with Gasteiger partial charge >= 0.3 is 0 Å². The van der Waals surface area contributed by atoms with Crippen LogP contribution in [0.3, 0.4) is 0 Å². The van der Waals surface area contributed by atoms with Gasteiger partial charge in [0.2, 0.25) is 15.9 Å². The molecule has 0 atom stereocenters. The maximum absolute atomic E-state index is 12.4. The van der Waals surface area contributed by atoms with E-state index in [9.17, 15) is 13.2 Å². The summed E-state index contributed by atoms with van der Waals surface area (Å²) in [6.07, 6.45) is 0.133. The molecule has 0 radical (unpaired) electrons. The molecule has 0 bridgehead atoms. The highest BCUT2D eigenvalue weighted by Gasteiger charge is 2.23. The molecule has 9 heteroatoms. The van der Waals surface area contributed by atoms with Gasteiger partial charge in [0.25, 0.3) is 0 Å². The summed E-state index contributed by atoms with van der Waals surface area (Å²) < 4.78 is 37.6. The molecule has 1 N–H and O–H groups in total. The fraction of sp³-hybridized carbons (Fsp3) is 0.611. The Kier molecular flexibility index (Phi) is 7.46. The predicted molar refractivity (Wildman–Crippen MR) is 103 cm³/mol. The molecule has 0 unspecified atom stereocenters. The van der Waals surface area contributed by atoms with E-state index in [0.29, 0.717) is 30.6 Å². The molecule has 1 saturated heterocycles. The van der Waals surface area contributed by atoms with Crippen molar-refractivity contribution >= 4 is 15.9 Å². The molecule has 0 aromatic heterocycles. The smallest absolute Gasteiger partial charge is 0.240 e. The lowest BCUT2D eigenvalue weighted by atomic mass is 10.2. The molecule has 0 spiro atoms. The monoisotopic (exact) mass is 399 g/mol. The normalized spacial score (nSPS) is 15.8. The first-order chi connectivity index (χ1) is 12.8. The molecule has 1 heterocycles. The van der Waals surface area contributed by atoms with E-state index in [1.54, 1.807) is 4.90 Å². The molecule has 1 aliphatic rings. The van der Waals surface area contributed by atoms with E-state index >= 15 is 0 Å². The Morgan fingerprint density at radius 3 is 2.30 bits per heavy atom. The van der Waals surface area contributed by atoms with Crippen LogP contribution in [-0.4, -0.2) is 77.1 Å². The zero-order valence-electron chi connectivity index (χ0n) is 16.4. The number of sulfonamides is 1. The highest BCUT2D eigenvalue weighted by Crippen LogP contribution is 2.29. The molecule has 1 amide bonds. The molecule has 152 valence electrons. The van der Waals surface area contributed by atoms with Crippen LogP contribution in [0.5, 0.6) is 11.5 Å². The van der Waals surface area contributed by atoms with Gasteiger partial charge in [0, 0.05) is 51.3 Å². The van der Waals surface area contributed by atoms with Crippen molar-refractivity contribution in [3.63, 3.8) is 0 Å². The number of nitrogens with one attached hydrogen (secondary N) is 1. The third-order valence-corrected chi connectivity index (χ3v) is 6.15. The number of carbonyl (C=O) groups excluding carboxylic acids is 1. The largest absolute Gasteiger partial charge is 0.493 e. The minimum absolute atomic E-state index is 0.0339. The standard InChI is InChI=1S/C18H29N3O5S/c1-14(2)20-9-11-21(12-10-20)18(22)7-8-19-27(23,24)15-5-6-16(25-3)17(13-15)26-4/h5-6,13-14,19H,7-12H2,1-4H3. The maximum atomic E-state index is 12.4. The van der Waals surface area contributed by atoms with Crippen LogP contribution in [0.15, 0.2) is 23.1 Å². The van der Waals surface area contributed by atoms with Crippen molar-refractivity contribution in [2.24, 2.45) is 0 Å². The van der Waals surface area contributed by atoms with Crippen LogP contribution in [-0.2, 0) is 14.8 Å². The summed E-state index contributed by atoms with van der Waals surface area (Å²) >= 11 is 0. The minimum Gasteiger partial charge on any atom is -0.493 e. The van der Waals surface area contributed by atoms with Gasteiger partial charge in [-0.3, -0.25) is 9.69 Å². The first-order valence-electron chi connectivity index (χ1n) is 9.02. The Morgan fingerprint density at radius 2 is 1.74 bits per heavy atom. The number of carbonyl (C=O) groups is 1. The Hall–Kier alpha value is -1.84. The number of amides is 1. The molecular weight excluding hydrogens is 370 g/mol. The van der Waals surface area contributed by atoms with E-state index in [-0.39, 0.29) is 23.8 Å². The number of piperazine rings is 1. The molecular formula is C18H29N3O5S. The van der Waals surface area contributed by atoms with Crippen LogP contribution in [0.25, 0.3) is 0 Å². The number of benzene rings is 1. The van der Waals surface area contributed by atoms with Gasteiger partial charge in [0.1, 0.15) is 0 Å². The average molecular weight is 400 g/mol. The van der Waals surface area contributed by atoms with Crippen molar-refractivity contribution in [3.05, 3.63) is 18.2 Å². The second-order valence-electron chi connectivity index (χ2n) is 6.68. The lowest BCUT2D eigenvalue weighted by Crippen LogP contribution is -2.51. The summed E-state index contributed by atoms with van der Waals surface area (Å²) in [6.45, 7) is 7.39. The van der Waals surface area contributed by atoms with Crippen molar-refractivity contribution in [3.8, 4) is 11.5 Å². The van der Waals surface area contributed by atoms with Crippen LogP contribution in [0, 0.1) is 0 Å². The number of methoxy groups -OCH3 is 2. The van der Waals surface area contributed by atoms with Gasteiger partial charge in [0.15, 0.2) is 11.5 Å². The fourth-order valence-electron chi connectivity index (χ4n) is 3.01. The van der Waals surface area contributed by atoms with Crippen LogP contribution in [0.4, 0.5) is 0 Å². The van der Waals surface area contributed by atoms with Crippen molar-refractivity contribution in [1.29, 1.82) is 0 Å². The average Bonchev–Trinajstić information content (AvgIpc) is 2.67. The zero-order chi connectivity index (χ0) is 20.0. The van der Waals surface area contributed by atoms with Gasteiger partial charge in [-0.1, -0.05) is 0 Å². The second-order valence-corrected chi connectivity index (χ2v) is 8.44. The Bertz CT molecular complexity index is 743. The van der Waals surface area contributed by atoms with Crippen LogP contribution < -0.4 is 14.2 Å². The number of hydrogen-bond donors (Lipinski definition) is 1. The highest BCUT2D eigenvalue weighted by molar-refractivity contribution is 7.89. The maximum Gasteiger partial charge on any atom is 0.240 e. The quantitative estimate of drug-likeness (QED) is 0.700. The van der Waals surface area contributed by atoms with Crippen molar-refractivity contribution < 1.29 is 22.7 Å². The van der Waals surface area contributed by atoms with Crippen molar-refractivity contribution in [2.75, 3.05) is 46.9 Å². The number of nitrogens with zero attached hydrogens (tertiary/aromatic N) is 2. The lowest BCUT2D eigenvalue weighted by molar-refractivity contribution is -0.133. The van der Waals surface area contributed by atoms with Crippen LogP contribution >= 0.6 is 0 Å². The van der Waals surface area contributed by atoms with E-state index in [0.717, 1.165) is 13.1 Å². The summed E-state index contributed by atoms with van der Waals surface area (Å²) in [5.74, 6) is 0.750. The summed E-state index contributed by atoms with van der Waals surface area (Å²) in [6, 6.07) is 4.84. The summed E-state index contributed by atoms with van der Waals surface area (Å²) in [4.78, 5) is 16.5. The van der Waals surface area contributed by atoms with Crippen molar-refractivity contribution in [2.45, 2.75) is 31.2 Å². The highest BCUT2D eigenvalue weighted by atomic mass is 32.2. The molecule has 0 aliphatic carbocycles. The first-order valence-corrected chi connectivity index (χ1v) is 10.5. The molecule has 1 aromatic carbocycles. The number of hydrogen-bond acceptors (Lipinski definition) is 6. The molecule has 8 nitrogen and oxygen atoms in total. The van der Waals surface area contributed by atoms with E-state index < -0.39 is 10.0 Å². The molecule has 1 aliphatic heterocycles. The Morgan fingerprint density at radius 1 is 1.11 bits per heavy atom. The van der Waals surface area contributed by atoms with Gasteiger partial charge in [-0.05, 0) is 26.0 Å². The van der Waals surface area contributed by atoms with Gasteiger partial charge < -0.3 is 14.4 Å². The van der Waals surface area contributed by atoms with E-state index in [2.05, 4.69) is 23.5 Å². The van der Waals surface area contributed by atoms with Gasteiger partial charge in [0.05, 0.1) is 19.1 Å². The first kappa shape index (κ1) is 21.5. The minimum atomic E-state index is -3.73. The fourth-order valence-corrected chi connectivity index (χ4v) is 4.05. The van der Waals surface area contributed by atoms with Crippen LogP contribution in [0.2, 0.25) is 0 Å². The van der Waals surface area contributed by atoms with Gasteiger partial charge in [-0.2, -0.15) is 0 Å². The van der Waals surface area contributed by atoms with E-state index in [4.69, 9.17) is 9.47 Å². The molecule has 27 heavy (non-hydrogen) atoms. The number of rotatable bonds is 8.